The number of hydrogen-bond donors (Lipinski definition) is 1. The summed E-state index contributed by atoms with van der Waals surface area (Å²) in [4.78, 5) is 0.573. The minimum atomic E-state index is -1.18. The zero-order valence-corrected chi connectivity index (χ0v) is 11.9. The average Bonchev–Trinajstić information content (AvgIpc) is 2.19. The molecule has 0 spiro atoms. The zero-order chi connectivity index (χ0) is 13.1. The molecule has 0 aliphatic rings. The van der Waals surface area contributed by atoms with Gasteiger partial charge in [-0.1, -0.05) is 11.6 Å². The fourth-order valence-corrected chi connectivity index (χ4v) is 2.61. The van der Waals surface area contributed by atoms with Crippen molar-refractivity contribution < 1.29 is 8.95 Å². The number of hydrogen-bond acceptors (Lipinski definition) is 3. The van der Waals surface area contributed by atoms with Gasteiger partial charge in [0.15, 0.2) is 0 Å². The normalized spacial score (nSPS) is 13.6. The molecule has 0 saturated heterocycles. The molecule has 0 fully saturated rings. The molecule has 0 aromatic heterocycles. The van der Waals surface area contributed by atoms with Gasteiger partial charge in [0.1, 0.15) is 0 Å². The summed E-state index contributed by atoms with van der Waals surface area (Å²) in [5, 5.41) is 0.480. The number of nitrogens with two attached hydrogens (primary N) is 1. The molecule has 0 radical (unpaired) electrons. The molecule has 0 heterocycles. The summed E-state index contributed by atoms with van der Waals surface area (Å²) in [5.74, 6) is 0.417. The number of nitrogen functional groups attached to an aromatic ring is 1. The molecule has 0 bridgehead atoms. The maximum atomic E-state index is 12.0. The standard InChI is InChI=1S/C12H18ClNO2S/c1-12(2,3)16-6-7-17(15)11-8-9(14)4-5-10(11)13/h4-5,8H,6-7,14H2,1-3H3. The van der Waals surface area contributed by atoms with Crippen LogP contribution in [0, 0.1) is 0 Å². The Bertz CT molecular complexity index is 415. The Morgan fingerprint density at radius 1 is 1.41 bits per heavy atom. The molecule has 1 atom stereocenters. The molecule has 96 valence electrons. The van der Waals surface area contributed by atoms with Gasteiger partial charge in [-0.2, -0.15) is 0 Å². The van der Waals surface area contributed by atoms with Crippen molar-refractivity contribution in [1.29, 1.82) is 0 Å². The lowest BCUT2D eigenvalue weighted by molar-refractivity contribution is 0.00669. The predicted octanol–water partition coefficient (Wildman–Crippen LogP) is 2.84. The van der Waals surface area contributed by atoms with Gasteiger partial charge >= 0.3 is 0 Å². The topological polar surface area (TPSA) is 52.3 Å². The van der Waals surface area contributed by atoms with Crippen LogP contribution >= 0.6 is 11.6 Å². The van der Waals surface area contributed by atoms with Crippen LogP contribution in [0.15, 0.2) is 23.1 Å². The van der Waals surface area contributed by atoms with E-state index in [1.54, 1.807) is 18.2 Å². The summed E-state index contributed by atoms with van der Waals surface area (Å²) < 4.78 is 17.5. The van der Waals surface area contributed by atoms with Crippen molar-refractivity contribution in [2.45, 2.75) is 31.3 Å². The third kappa shape index (κ3) is 5.06. The maximum absolute atomic E-state index is 12.0. The lowest BCUT2D eigenvalue weighted by Crippen LogP contribution is -2.22. The first-order chi connectivity index (χ1) is 7.79. The largest absolute Gasteiger partial charge is 0.399 e. The van der Waals surface area contributed by atoms with Crippen molar-refractivity contribution in [3.63, 3.8) is 0 Å². The fraction of sp³-hybridized carbons (Fsp3) is 0.500. The van der Waals surface area contributed by atoms with Crippen LogP contribution < -0.4 is 5.73 Å². The summed E-state index contributed by atoms with van der Waals surface area (Å²) >= 11 is 5.97. The predicted molar refractivity (Wildman–Crippen MR) is 72.8 cm³/mol. The van der Waals surface area contributed by atoms with Crippen LogP contribution in [0.5, 0.6) is 0 Å². The Labute approximate surface area is 110 Å². The number of anilines is 1. The number of halogens is 1. The second kappa shape index (κ2) is 5.85. The Morgan fingerprint density at radius 2 is 2.06 bits per heavy atom. The summed E-state index contributed by atoms with van der Waals surface area (Å²) in [5.41, 5.74) is 5.98. The second-order valence-corrected chi connectivity index (χ2v) is 6.65. The monoisotopic (exact) mass is 275 g/mol. The molecular weight excluding hydrogens is 258 g/mol. The van der Waals surface area contributed by atoms with E-state index in [0.29, 0.717) is 28.0 Å². The smallest absolute Gasteiger partial charge is 0.0598 e. The van der Waals surface area contributed by atoms with E-state index in [9.17, 15) is 4.21 Å². The summed E-state index contributed by atoms with van der Waals surface area (Å²) in [6.45, 7) is 6.32. The van der Waals surface area contributed by atoms with Crippen molar-refractivity contribution in [2.75, 3.05) is 18.1 Å². The average molecular weight is 276 g/mol. The van der Waals surface area contributed by atoms with Gasteiger partial charge in [0.2, 0.25) is 0 Å². The molecule has 0 amide bonds. The van der Waals surface area contributed by atoms with Gasteiger partial charge in [0.25, 0.3) is 0 Å². The first-order valence-corrected chi connectivity index (χ1v) is 7.06. The highest BCUT2D eigenvalue weighted by atomic mass is 35.5. The van der Waals surface area contributed by atoms with E-state index in [2.05, 4.69) is 0 Å². The van der Waals surface area contributed by atoms with Gasteiger partial charge in [0, 0.05) is 5.69 Å². The van der Waals surface area contributed by atoms with Crippen molar-refractivity contribution in [2.24, 2.45) is 0 Å². The molecule has 2 N–H and O–H groups in total. The summed E-state index contributed by atoms with van der Waals surface area (Å²) in [6.07, 6.45) is 0. The van der Waals surface area contributed by atoms with Gasteiger partial charge < -0.3 is 10.5 Å². The van der Waals surface area contributed by atoms with Crippen LogP contribution in [0.2, 0.25) is 5.02 Å². The Balaban J connectivity index is 2.61. The van der Waals surface area contributed by atoms with Gasteiger partial charge in [-0.3, -0.25) is 4.21 Å². The molecule has 1 aromatic carbocycles. The molecule has 0 aliphatic heterocycles. The van der Waals surface area contributed by atoms with E-state index in [0.717, 1.165) is 0 Å². The zero-order valence-electron chi connectivity index (χ0n) is 10.3. The van der Waals surface area contributed by atoms with Crippen molar-refractivity contribution in [3.8, 4) is 0 Å². The van der Waals surface area contributed by atoms with Crippen molar-refractivity contribution in [3.05, 3.63) is 23.2 Å². The third-order valence-corrected chi connectivity index (χ3v) is 3.81. The van der Waals surface area contributed by atoms with Crippen LogP contribution in [-0.2, 0) is 15.5 Å². The van der Waals surface area contributed by atoms with Crippen molar-refractivity contribution >= 4 is 28.1 Å². The summed E-state index contributed by atoms with van der Waals surface area (Å²) in [7, 11) is -1.18. The van der Waals surface area contributed by atoms with Gasteiger partial charge in [-0.25, -0.2) is 0 Å². The van der Waals surface area contributed by atoms with Gasteiger partial charge in [-0.05, 0) is 39.0 Å². The number of rotatable bonds is 4. The van der Waals surface area contributed by atoms with E-state index in [-0.39, 0.29) is 5.60 Å². The molecule has 1 rings (SSSR count). The highest BCUT2D eigenvalue weighted by Gasteiger charge is 2.13. The summed E-state index contributed by atoms with van der Waals surface area (Å²) in [6, 6.07) is 5.00. The molecule has 17 heavy (non-hydrogen) atoms. The van der Waals surface area contributed by atoms with Crippen LogP contribution in [0.25, 0.3) is 0 Å². The van der Waals surface area contributed by atoms with E-state index in [4.69, 9.17) is 22.1 Å². The molecule has 0 saturated carbocycles. The molecule has 1 aromatic rings. The first kappa shape index (κ1) is 14.5. The van der Waals surface area contributed by atoms with Crippen LogP contribution in [0.4, 0.5) is 5.69 Å². The molecule has 0 aliphatic carbocycles. The van der Waals surface area contributed by atoms with Gasteiger partial charge in [0.05, 0.1) is 38.7 Å². The van der Waals surface area contributed by atoms with E-state index in [1.165, 1.54) is 0 Å². The number of benzene rings is 1. The Hall–Kier alpha value is -0.580. The minimum absolute atomic E-state index is 0.219. The Kier molecular flexibility index (Phi) is 4.98. The highest BCUT2D eigenvalue weighted by Crippen LogP contribution is 2.22. The van der Waals surface area contributed by atoms with Crippen LogP contribution in [0.1, 0.15) is 20.8 Å². The minimum Gasteiger partial charge on any atom is -0.399 e. The van der Waals surface area contributed by atoms with Crippen LogP contribution in [-0.4, -0.2) is 22.2 Å². The highest BCUT2D eigenvalue weighted by molar-refractivity contribution is 7.85. The van der Waals surface area contributed by atoms with Crippen molar-refractivity contribution in [1.82, 2.24) is 0 Å². The SMILES string of the molecule is CC(C)(C)OCCS(=O)c1cc(N)ccc1Cl. The lowest BCUT2D eigenvalue weighted by atomic mass is 10.2. The molecular formula is C12H18ClNO2S. The quantitative estimate of drug-likeness (QED) is 0.860. The fourth-order valence-electron chi connectivity index (χ4n) is 1.23. The Morgan fingerprint density at radius 3 is 2.65 bits per heavy atom. The number of ether oxygens (including phenoxy) is 1. The van der Waals surface area contributed by atoms with E-state index >= 15 is 0 Å². The van der Waals surface area contributed by atoms with Crippen LogP contribution in [0.3, 0.4) is 0 Å². The van der Waals surface area contributed by atoms with Gasteiger partial charge in [-0.15, -0.1) is 0 Å². The molecule has 5 heteroatoms. The van der Waals surface area contributed by atoms with E-state index in [1.807, 2.05) is 20.8 Å². The van der Waals surface area contributed by atoms with E-state index < -0.39 is 10.8 Å². The lowest BCUT2D eigenvalue weighted by Gasteiger charge is -2.19. The molecule has 1 unspecified atom stereocenters. The first-order valence-electron chi connectivity index (χ1n) is 5.37. The maximum Gasteiger partial charge on any atom is 0.0598 e. The third-order valence-electron chi connectivity index (χ3n) is 2.00. The molecule has 3 nitrogen and oxygen atoms in total. The second-order valence-electron chi connectivity index (χ2n) is 4.70.